The Morgan fingerprint density at radius 3 is 2.68 bits per heavy atom. The zero-order valence-electron chi connectivity index (χ0n) is 18.7. The Balaban J connectivity index is 1.38. The Hall–Kier alpha value is -4.60. The maximum atomic E-state index is 11.7. The van der Waals surface area contributed by atoms with E-state index in [1.165, 1.54) is 0 Å². The summed E-state index contributed by atoms with van der Waals surface area (Å²) in [7, 11) is 3.23. The van der Waals surface area contributed by atoms with Gasteiger partial charge in [-0.25, -0.2) is 9.97 Å². The van der Waals surface area contributed by atoms with Gasteiger partial charge in [-0.05, 0) is 42.5 Å². The molecule has 1 unspecified atom stereocenters. The van der Waals surface area contributed by atoms with Crippen LogP contribution in [0, 0.1) is 0 Å². The van der Waals surface area contributed by atoms with Gasteiger partial charge in [-0.15, -0.1) is 0 Å². The highest BCUT2D eigenvalue weighted by molar-refractivity contribution is 6.07. The Morgan fingerprint density at radius 2 is 1.94 bits per heavy atom. The summed E-state index contributed by atoms with van der Waals surface area (Å²) >= 11 is 0. The van der Waals surface area contributed by atoms with Gasteiger partial charge in [0.15, 0.2) is 17.7 Å². The highest BCUT2D eigenvalue weighted by Crippen LogP contribution is 2.33. The molecule has 0 radical (unpaired) electrons. The van der Waals surface area contributed by atoms with Gasteiger partial charge in [-0.1, -0.05) is 0 Å². The number of hydrogen-bond donors (Lipinski definition) is 2. The molecule has 0 fully saturated rings. The first-order chi connectivity index (χ1) is 16.6. The van der Waals surface area contributed by atoms with Crippen LogP contribution in [0.15, 0.2) is 72.3 Å². The van der Waals surface area contributed by atoms with Gasteiger partial charge in [0, 0.05) is 24.2 Å². The zero-order chi connectivity index (χ0) is 23.7. The van der Waals surface area contributed by atoms with Crippen LogP contribution in [0.3, 0.4) is 0 Å². The van der Waals surface area contributed by atoms with Crippen molar-refractivity contribution >= 4 is 28.9 Å². The molecule has 0 saturated carbocycles. The van der Waals surface area contributed by atoms with Gasteiger partial charge in [0.1, 0.15) is 18.3 Å². The van der Waals surface area contributed by atoms with Crippen molar-refractivity contribution in [1.29, 1.82) is 0 Å². The minimum absolute atomic E-state index is 0.123. The van der Waals surface area contributed by atoms with Crippen LogP contribution in [0.4, 0.5) is 17.3 Å². The average Bonchev–Trinajstić information content (AvgIpc) is 3.47. The first kappa shape index (κ1) is 21.3. The normalized spacial score (nSPS) is 16.3. The number of aliphatic imine (C=N–C) groups is 1. The van der Waals surface area contributed by atoms with Gasteiger partial charge < -0.3 is 30.3 Å². The van der Waals surface area contributed by atoms with Crippen LogP contribution in [0.5, 0.6) is 11.5 Å². The van der Waals surface area contributed by atoms with Gasteiger partial charge in [-0.2, -0.15) is 0 Å². The lowest BCUT2D eigenvalue weighted by Gasteiger charge is -2.27. The Morgan fingerprint density at radius 1 is 1.09 bits per heavy atom. The molecule has 0 spiro atoms. The van der Waals surface area contributed by atoms with E-state index in [0.29, 0.717) is 35.2 Å². The number of hydrogen-bond acceptors (Lipinski definition) is 9. The number of pyridine rings is 2. The average molecular weight is 457 g/mol. The molecule has 5 rings (SSSR count). The topological polar surface area (TPSA) is 118 Å². The van der Waals surface area contributed by atoms with Crippen molar-refractivity contribution in [3.63, 3.8) is 0 Å². The minimum Gasteiger partial charge on any atom is -0.493 e. The largest absolute Gasteiger partial charge is 0.493 e. The molecule has 4 heterocycles. The number of carbonyl (C=O) groups is 1. The first-order valence-corrected chi connectivity index (χ1v) is 10.6. The Kier molecular flexibility index (Phi) is 5.46. The first-order valence-electron chi connectivity index (χ1n) is 10.6. The number of nitrogens with zero attached hydrogens (tertiary/aromatic N) is 5. The second-order valence-electron chi connectivity index (χ2n) is 7.64. The van der Waals surface area contributed by atoms with Crippen LogP contribution in [-0.2, 0) is 0 Å². The van der Waals surface area contributed by atoms with E-state index in [-0.39, 0.29) is 6.17 Å². The molecule has 1 atom stereocenters. The zero-order valence-corrected chi connectivity index (χ0v) is 18.7. The molecule has 1 aromatic carbocycles. The number of benzene rings is 1. The summed E-state index contributed by atoms with van der Waals surface area (Å²) in [5.74, 6) is 1.90. The highest BCUT2D eigenvalue weighted by atomic mass is 16.5. The number of rotatable bonds is 7. The fraction of sp³-hybridized carbons (Fsp3) is 0.167. The third kappa shape index (κ3) is 3.75. The van der Waals surface area contributed by atoms with E-state index in [9.17, 15) is 4.79 Å². The van der Waals surface area contributed by atoms with E-state index in [1.54, 1.807) is 38.7 Å². The van der Waals surface area contributed by atoms with E-state index < -0.39 is 5.91 Å². The van der Waals surface area contributed by atoms with Crippen LogP contribution >= 0.6 is 0 Å². The van der Waals surface area contributed by atoms with Crippen LogP contribution in [-0.4, -0.2) is 53.5 Å². The number of aromatic nitrogens is 2. The predicted octanol–water partition coefficient (Wildman–Crippen LogP) is 2.72. The number of amides is 1. The maximum absolute atomic E-state index is 11.7. The number of nitrogens with two attached hydrogens (primary N) is 1. The molecule has 0 aliphatic carbocycles. The third-order valence-corrected chi connectivity index (χ3v) is 5.67. The van der Waals surface area contributed by atoms with E-state index in [0.717, 1.165) is 17.1 Å². The molecule has 0 saturated heterocycles. The molecule has 34 heavy (non-hydrogen) atoms. The Labute approximate surface area is 196 Å². The van der Waals surface area contributed by atoms with Crippen LogP contribution in [0.25, 0.3) is 0 Å². The molecule has 2 aromatic heterocycles. The summed E-state index contributed by atoms with van der Waals surface area (Å²) in [4.78, 5) is 29.4. The van der Waals surface area contributed by atoms with E-state index in [4.69, 9.17) is 20.2 Å². The molecular weight excluding hydrogens is 434 g/mol. The fourth-order valence-corrected chi connectivity index (χ4v) is 4.02. The second kappa shape index (κ2) is 8.74. The van der Waals surface area contributed by atoms with E-state index in [1.807, 2.05) is 42.7 Å². The molecule has 0 bridgehead atoms. The third-order valence-electron chi connectivity index (χ3n) is 5.67. The SMILES string of the molecule is COc1ccc(C2=NCN3C=CN(c4ccc(Nc5ncccc5C(N)=O)cn4)C23)cc1OC. The number of methoxy groups -OCH3 is 2. The predicted molar refractivity (Wildman–Crippen MR) is 128 cm³/mol. The van der Waals surface area contributed by atoms with Crippen molar-refractivity contribution in [3.8, 4) is 11.5 Å². The molecule has 3 aromatic rings. The molecule has 172 valence electrons. The van der Waals surface area contributed by atoms with E-state index >= 15 is 0 Å². The van der Waals surface area contributed by atoms with Gasteiger partial charge in [0.05, 0.1) is 37.4 Å². The van der Waals surface area contributed by atoms with Crippen molar-refractivity contribution in [2.75, 3.05) is 31.1 Å². The highest BCUT2D eigenvalue weighted by Gasteiger charge is 2.37. The number of fused-ring (bicyclic) bond motifs is 1. The van der Waals surface area contributed by atoms with Crippen molar-refractivity contribution < 1.29 is 14.3 Å². The van der Waals surface area contributed by atoms with Crippen LogP contribution in [0.2, 0.25) is 0 Å². The van der Waals surface area contributed by atoms with Gasteiger partial charge in [-0.3, -0.25) is 9.79 Å². The minimum atomic E-state index is -0.550. The van der Waals surface area contributed by atoms with Crippen molar-refractivity contribution in [2.45, 2.75) is 6.17 Å². The summed E-state index contributed by atoms with van der Waals surface area (Å²) in [5.41, 5.74) is 8.30. The molecule has 3 N–H and O–H groups in total. The van der Waals surface area contributed by atoms with Crippen LogP contribution < -0.4 is 25.4 Å². The smallest absolute Gasteiger partial charge is 0.252 e. The number of ether oxygens (including phenoxy) is 2. The Bertz CT molecular complexity index is 1290. The lowest BCUT2D eigenvalue weighted by Crippen LogP contribution is -2.41. The van der Waals surface area contributed by atoms with Crippen molar-refractivity contribution in [3.05, 3.63) is 78.4 Å². The summed E-state index contributed by atoms with van der Waals surface area (Å²) in [6.07, 6.45) is 7.15. The molecule has 1 amide bonds. The molecule has 10 heteroatoms. The second-order valence-corrected chi connectivity index (χ2v) is 7.64. The number of anilines is 3. The van der Waals surface area contributed by atoms with Crippen LogP contribution in [0.1, 0.15) is 15.9 Å². The van der Waals surface area contributed by atoms with Gasteiger partial charge in [0.25, 0.3) is 5.91 Å². The lowest BCUT2D eigenvalue weighted by molar-refractivity contribution is 0.100. The summed E-state index contributed by atoms with van der Waals surface area (Å²) in [5, 5.41) is 3.11. The molecule has 2 aliphatic heterocycles. The number of primary amides is 1. The molecule has 10 nitrogen and oxygen atoms in total. The number of nitrogens with one attached hydrogen (secondary N) is 1. The summed E-state index contributed by atoms with van der Waals surface area (Å²) < 4.78 is 10.8. The lowest BCUT2D eigenvalue weighted by atomic mass is 10.1. The maximum Gasteiger partial charge on any atom is 0.252 e. The quantitative estimate of drug-likeness (QED) is 0.556. The van der Waals surface area contributed by atoms with E-state index in [2.05, 4.69) is 25.1 Å². The standard InChI is InChI=1S/C24H23N7O3/c1-33-18-7-5-15(12-19(18)34-2)21-24-30(14-28-21)10-11-31(24)20-8-6-16(13-27-20)29-23-17(22(25)32)4-3-9-26-23/h3-13,24H,14H2,1-2H3,(H2,25,32)(H,26,29). The molecule has 2 aliphatic rings. The number of carbonyl (C=O) groups excluding carboxylic acids is 1. The summed E-state index contributed by atoms with van der Waals surface area (Å²) in [6, 6.07) is 12.8. The van der Waals surface area contributed by atoms with Crippen molar-refractivity contribution in [2.24, 2.45) is 10.7 Å². The van der Waals surface area contributed by atoms with Gasteiger partial charge in [0.2, 0.25) is 0 Å². The molecular formula is C24H23N7O3. The van der Waals surface area contributed by atoms with Gasteiger partial charge >= 0.3 is 0 Å². The van der Waals surface area contributed by atoms with Crippen molar-refractivity contribution in [1.82, 2.24) is 14.9 Å². The summed E-state index contributed by atoms with van der Waals surface area (Å²) in [6.45, 7) is 0.552. The fourth-order valence-electron chi connectivity index (χ4n) is 4.02. The monoisotopic (exact) mass is 457 g/mol.